The Balaban J connectivity index is 0.00000162. The van der Waals surface area contributed by atoms with E-state index >= 15 is 0 Å². The third-order valence-corrected chi connectivity index (χ3v) is 3.49. The summed E-state index contributed by atoms with van der Waals surface area (Å²) in [5.41, 5.74) is 6.67. The van der Waals surface area contributed by atoms with Crippen LogP contribution in [0.4, 0.5) is 0 Å². The SMILES string of the molecule is CC(C(=O)N1CCCC1CN)c1cccnc1.Cl.Cl. The van der Waals surface area contributed by atoms with Gasteiger partial charge in [-0.25, -0.2) is 0 Å². The molecule has 1 saturated heterocycles. The summed E-state index contributed by atoms with van der Waals surface area (Å²) in [6, 6.07) is 4.04. The highest BCUT2D eigenvalue weighted by molar-refractivity contribution is 5.85. The first-order valence-electron chi connectivity index (χ1n) is 6.14. The van der Waals surface area contributed by atoms with Crippen LogP contribution < -0.4 is 5.73 Å². The van der Waals surface area contributed by atoms with Crippen LogP contribution in [-0.4, -0.2) is 34.9 Å². The van der Waals surface area contributed by atoms with E-state index in [9.17, 15) is 4.79 Å². The van der Waals surface area contributed by atoms with Crippen LogP contribution >= 0.6 is 24.8 Å². The molecule has 108 valence electrons. The van der Waals surface area contributed by atoms with E-state index in [1.165, 1.54) is 0 Å². The molecular weight excluding hydrogens is 285 g/mol. The van der Waals surface area contributed by atoms with Crippen LogP contribution in [0, 0.1) is 0 Å². The minimum Gasteiger partial charge on any atom is -0.338 e. The molecule has 0 aliphatic carbocycles. The Morgan fingerprint density at radius 3 is 2.89 bits per heavy atom. The molecule has 2 unspecified atom stereocenters. The molecule has 0 bridgehead atoms. The number of rotatable bonds is 3. The molecule has 19 heavy (non-hydrogen) atoms. The van der Waals surface area contributed by atoms with Gasteiger partial charge in [0.2, 0.25) is 5.91 Å². The monoisotopic (exact) mass is 305 g/mol. The van der Waals surface area contributed by atoms with Crippen LogP contribution in [0.25, 0.3) is 0 Å². The molecule has 1 aromatic heterocycles. The molecule has 2 heterocycles. The number of pyridine rings is 1. The molecule has 2 N–H and O–H groups in total. The Hall–Kier alpha value is -0.840. The summed E-state index contributed by atoms with van der Waals surface area (Å²) in [6.45, 7) is 3.34. The minimum absolute atomic E-state index is 0. The summed E-state index contributed by atoms with van der Waals surface area (Å²) in [6.07, 6.45) is 5.57. The Bertz CT molecular complexity index is 389. The summed E-state index contributed by atoms with van der Waals surface area (Å²) in [5, 5.41) is 0. The quantitative estimate of drug-likeness (QED) is 0.929. The predicted molar refractivity (Wildman–Crippen MR) is 80.9 cm³/mol. The normalized spacial score (nSPS) is 19.3. The number of aromatic nitrogens is 1. The third kappa shape index (κ3) is 4.06. The van der Waals surface area contributed by atoms with Crippen molar-refractivity contribution in [3.63, 3.8) is 0 Å². The molecular formula is C13H21Cl2N3O. The Morgan fingerprint density at radius 1 is 1.58 bits per heavy atom. The van der Waals surface area contributed by atoms with Crippen molar-refractivity contribution in [1.29, 1.82) is 0 Å². The van der Waals surface area contributed by atoms with E-state index in [4.69, 9.17) is 5.73 Å². The Labute approximate surface area is 126 Å². The van der Waals surface area contributed by atoms with Crippen molar-refractivity contribution < 1.29 is 4.79 Å². The molecule has 0 radical (unpaired) electrons. The second-order valence-electron chi connectivity index (χ2n) is 4.57. The van der Waals surface area contributed by atoms with E-state index in [0.29, 0.717) is 6.54 Å². The first kappa shape index (κ1) is 18.2. The van der Waals surface area contributed by atoms with Gasteiger partial charge in [0.15, 0.2) is 0 Å². The fourth-order valence-corrected chi connectivity index (χ4v) is 2.39. The van der Waals surface area contributed by atoms with Crippen LogP contribution in [-0.2, 0) is 4.79 Å². The van der Waals surface area contributed by atoms with Crippen LogP contribution in [0.15, 0.2) is 24.5 Å². The number of carbonyl (C=O) groups is 1. The van der Waals surface area contributed by atoms with Crippen molar-refractivity contribution in [2.24, 2.45) is 5.73 Å². The van der Waals surface area contributed by atoms with E-state index in [-0.39, 0.29) is 42.7 Å². The molecule has 1 amide bonds. The van der Waals surface area contributed by atoms with Gasteiger partial charge in [-0.05, 0) is 31.4 Å². The molecule has 6 heteroatoms. The number of carbonyl (C=O) groups excluding carboxylic acids is 1. The average molecular weight is 306 g/mol. The molecule has 0 aromatic carbocycles. The summed E-state index contributed by atoms with van der Waals surface area (Å²) >= 11 is 0. The van der Waals surface area contributed by atoms with Crippen molar-refractivity contribution in [2.75, 3.05) is 13.1 Å². The van der Waals surface area contributed by atoms with Crippen LogP contribution in [0.5, 0.6) is 0 Å². The van der Waals surface area contributed by atoms with Gasteiger partial charge in [-0.15, -0.1) is 24.8 Å². The molecule has 1 fully saturated rings. The number of hydrogen-bond acceptors (Lipinski definition) is 3. The number of hydrogen-bond donors (Lipinski definition) is 1. The zero-order valence-corrected chi connectivity index (χ0v) is 12.6. The summed E-state index contributed by atoms with van der Waals surface area (Å²) in [4.78, 5) is 18.3. The van der Waals surface area contributed by atoms with Gasteiger partial charge in [-0.3, -0.25) is 9.78 Å². The molecule has 0 spiro atoms. The standard InChI is InChI=1S/C13H19N3O.2ClH/c1-10(11-4-2-6-15-9-11)13(17)16-7-3-5-12(16)8-14;;/h2,4,6,9-10,12H,3,5,7-8,14H2,1H3;2*1H. The second kappa shape index (κ2) is 8.35. The largest absolute Gasteiger partial charge is 0.338 e. The molecule has 1 aromatic rings. The Kier molecular flexibility index (Phi) is 7.99. The zero-order valence-electron chi connectivity index (χ0n) is 11.0. The number of likely N-dealkylation sites (tertiary alicyclic amines) is 1. The van der Waals surface area contributed by atoms with Gasteiger partial charge in [0.25, 0.3) is 0 Å². The van der Waals surface area contributed by atoms with Crippen LogP contribution in [0.3, 0.4) is 0 Å². The number of nitrogens with zero attached hydrogens (tertiary/aromatic N) is 2. The highest BCUT2D eigenvalue weighted by Crippen LogP contribution is 2.23. The van der Waals surface area contributed by atoms with E-state index in [0.717, 1.165) is 24.9 Å². The molecule has 0 saturated carbocycles. The van der Waals surface area contributed by atoms with Gasteiger partial charge >= 0.3 is 0 Å². The lowest BCUT2D eigenvalue weighted by molar-refractivity contribution is -0.133. The maximum absolute atomic E-state index is 12.4. The zero-order chi connectivity index (χ0) is 12.3. The van der Waals surface area contributed by atoms with Crippen molar-refractivity contribution in [2.45, 2.75) is 31.7 Å². The third-order valence-electron chi connectivity index (χ3n) is 3.49. The lowest BCUT2D eigenvalue weighted by Gasteiger charge is -2.26. The average Bonchev–Trinajstić information content (AvgIpc) is 2.86. The van der Waals surface area contributed by atoms with Gasteiger partial charge in [-0.1, -0.05) is 6.07 Å². The van der Waals surface area contributed by atoms with Crippen molar-refractivity contribution >= 4 is 30.7 Å². The van der Waals surface area contributed by atoms with Gasteiger partial charge in [0.1, 0.15) is 0 Å². The highest BCUT2D eigenvalue weighted by Gasteiger charge is 2.30. The van der Waals surface area contributed by atoms with Crippen molar-refractivity contribution in [1.82, 2.24) is 9.88 Å². The number of halogens is 2. The highest BCUT2D eigenvalue weighted by atomic mass is 35.5. The van der Waals surface area contributed by atoms with Gasteiger partial charge in [0.05, 0.1) is 5.92 Å². The summed E-state index contributed by atoms with van der Waals surface area (Å²) < 4.78 is 0. The second-order valence-corrected chi connectivity index (χ2v) is 4.57. The van der Waals surface area contributed by atoms with Gasteiger partial charge < -0.3 is 10.6 Å². The maximum atomic E-state index is 12.4. The van der Waals surface area contributed by atoms with Crippen LogP contribution in [0.2, 0.25) is 0 Å². The predicted octanol–water partition coefficient (Wildman–Crippen LogP) is 1.98. The fourth-order valence-electron chi connectivity index (χ4n) is 2.39. The molecule has 2 rings (SSSR count). The molecule has 2 atom stereocenters. The van der Waals surface area contributed by atoms with Crippen LogP contribution in [0.1, 0.15) is 31.2 Å². The van der Waals surface area contributed by atoms with Crippen molar-refractivity contribution in [3.05, 3.63) is 30.1 Å². The van der Waals surface area contributed by atoms with E-state index in [1.54, 1.807) is 12.4 Å². The maximum Gasteiger partial charge on any atom is 0.230 e. The topological polar surface area (TPSA) is 59.2 Å². The molecule has 4 nitrogen and oxygen atoms in total. The number of nitrogens with two attached hydrogens (primary N) is 1. The van der Waals surface area contributed by atoms with E-state index < -0.39 is 0 Å². The van der Waals surface area contributed by atoms with Gasteiger partial charge in [-0.2, -0.15) is 0 Å². The van der Waals surface area contributed by atoms with E-state index in [1.807, 2.05) is 24.0 Å². The van der Waals surface area contributed by atoms with Gasteiger partial charge in [0, 0.05) is 31.5 Å². The number of amides is 1. The van der Waals surface area contributed by atoms with Crippen molar-refractivity contribution in [3.8, 4) is 0 Å². The van der Waals surface area contributed by atoms with E-state index in [2.05, 4.69) is 4.98 Å². The summed E-state index contributed by atoms with van der Waals surface area (Å²) in [5.74, 6) is 0.0433. The summed E-state index contributed by atoms with van der Waals surface area (Å²) in [7, 11) is 0. The minimum atomic E-state index is -0.129. The molecule has 1 aliphatic rings. The lowest BCUT2D eigenvalue weighted by Crippen LogP contribution is -2.41. The smallest absolute Gasteiger partial charge is 0.230 e. The first-order valence-corrected chi connectivity index (χ1v) is 6.14. The first-order chi connectivity index (χ1) is 8.24. The lowest BCUT2D eigenvalue weighted by atomic mass is 10.0. The fraction of sp³-hybridized carbons (Fsp3) is 0.538. The molecule has 1 aliphatic heterocycles. The Morgan fingerprint density at radius 2 is 2.32 bits per heavy atom.